The van der Waals surface area contributed by atoms with Crippen molar-refractivity contribution in [1.29, 1.82) is 0 Å². The van der Waals surface area contributed by atoms with Gasteiger partial charge in [0.1, 0.15) is 0 Å². The Balaban J connectivity index is 0. The van der Waals surface area contributed by atoms with E-state index in [9.17, 15) is 4.46 Å². The van der Waals surface area contributed by atoms with Crippen LogP contribution in [-0.4, -0.2) is 14.0 Å². The quantitative estimate of drug-likeness (QED) is 0.335. The standard InChI is InChI=1S/C2H4O3Si.C2H4/c1-2-5-6(3)4;1-2/h2-3H,1H2;1-2H2. The van der Waals surface area contributed by atoms with Crippen molar-refractivity contribution in [2.45, 2.75) is 0 Å². The molecule has 0 radical (unpaired) electrons. The minimum absolute atomic E-state index is 0.932. The molecular formula is C4H8O3Si. The summed E-state index contributed by atoms with van der Waals surface area (Å²) in [7, 11) is -2.75. The molecule has 0 heterocycles. The highest BCUT2D eigenvalue weighted by Gasteiger charge is 1.95. The zero-order valence-corrected chi connectivity index (χ0v) is 5.46. The summed E-state index contributed by atoms with van der Waals surface area (Å²) < 4.78 is 13.4. The maximum atomic E-state index is 9.49. The zero-order valence-electron chi connectivity index (χ0n) is 4.46. The fraction of sp³-hybridized carbons (Fsp3) is 0. The third kappa shape index (κ3) is 19.5. The Hall–Kier alpha value is -0.903. The normalized spacial score (nSPS) is 5.50. The van der Waals surface area contributed by atoms with Gasteiger partial charge in [0.25, 0.3) is 0 Å². The maximum absolute atomic E-state index is 9.49. The van der Waals surface area contributed by atoms with E-state index in [0.29, 0.717) is 0 Å². The molecule has 0 aromatic heterocycles. The van der Waals surface area contributed by atoms with E-state index in [4.69, 9.17) is 4.80 Å². The van der Waals surface area contributed by atoms with Gasteiger partial charge in [0.15, 0.2) is 0 Å². The molecule has 0 spiro atoms. The fourth-order valence-corrected chi connectivity index (χ4v) is 0.214. The maximum Gasteiger partial charge on any atom is 0.769 e. The van der Waals surface area contributed by atoms with Crippen LogP contribution in [-0.2, 0) is 8.89 Å². The third-order valence-corrected chi connectivity index (χ3v) is 0.552. The molecule has 0 saturated carbocycles. The van der Waals surface area contributed by atoms with Crippen molar-refractivity contribution < 1.29 is 13.7 Å². The molecule has 0 rings (SSSR count). The molecular weight excluding hydrogens is 124 g/mol. The molecule has 0 saturated heterocycles. The Morgan fingerprint density at radius 3 is 2.00 bits per heavy atom. The molecule has 46 valence electrons. The predicted molar refractivity (Wildman–Crippen MR) is 31.2 cm³/mol. The summed E-state index contributed by atoms with van der Waals surface area (Å²) in [5, 5.41) is 0. The second-order valence-electron chi connectivity index (χ2n) is 0.550. The topological polar surface area (TPSA) is 46.5 Å². The highest BCUT2D eigenvalue weighted by Crippen LogP contribution is 1.64. The van der Waals surface area contributed by atoms with E-state index >= 15 is 0 Å². The van der Waals surface area contributed by atoms with E-state index in [1.54, 1.807) is 0 Å². The summed E-state index contributed by atoms with van der Waals surface area (Å²) >= 11 is 0. The molecule has 0 bridgehead atoms. The molecule has 0 aliphatic heterocycles. The monoisotopic (exact) mass is 132 g/mol. The SMILES string of the molecule is C=C.C=CO[Si](=O)O. The van der Waals surface area contributed by atoms with Crippen molar-refractivity contribution in [1.82, 2.24) is 0 Å². The summed E-state index contributed by atoms with van der Waals surface area (Å²) in [4.78, 5) is 7.81. The highest BCUT2D eigenvalue weighted by atomic mass is 28.3. The molecule has 0 aliphatic carbocycles. The van der Waals surface area contributed by atoms with Crippen LogP contribution in [0.5, 0.6) is 0 Å². The molecule has 8 heavy (non-hydrogen) atoms. The predicted octanol–water partition coefficient (Wildman–Crippen LogP) is 0.356. The molecule has 0 atom stereocenters. The second kappa shape index (κ2) is 9.44. The Kier molecular flexibility index (Phi) is 12.0. The summed E-state index contributed by atoms with van der Waals surface area (Å²) in [5.74, 6) is 0. The van der Waals surface area contributed by atoms with Crippen LogP contribution in [0.15, 0.2) is 26.0 Å². The molecule has 1 N–H and O–H groups in total. The first-order valence-corrected chi connectivity index (χ1v) is 3.04. The van der Waals surface area contributed by atoms with Crippen molar-refractivity contribution in [2.75, 3.05) is 0 Å². The van der Waals surface area contributed by atoms with E-state index < -0.39 is 9.17 Å². The smallest absolute Gasteiger partial charge is 0.511 e. The first-order valence-electron chi connectivity index (χ1n) is 1.78. The van der Waals surface area contributed by atoms with Crippen molar-refractivity contribution in [3.63, 3.8) is 0 Å². The van der Waals surface area contributed by atoms with Gasteiger partial charge in [0.05, 0.1) is 6.26 Å². The number of hydrogen-bond acceptors (Lipinski definition) is 2. The molecule has 0 aromatic carbocycles. The molecule has 0 fully saturated rings. The van der Waals surface area contributed by atoms with E-state index in [0.717, 1.165) is 6.26 Å². The van der Waals surface area contributed by atoms with Gasteiger partial charge in [-0.2, -0.15) is 0 Å². The third-order valence-electron chi connectivity index (χ3n) is 0.184. The Morgan fingerprint density at radius 2 is 2.00 bits per heavy atom. The average Bonchev–Trinajstić information content (AvgIpc) is 1.72. The first-order chi connectivity index (χ1) is 3.77. The van der Waals surface area contributed by atoms with Gasteiger partial charge < -0.3 is 9.22 Å². The Morgan fingerprint density at radius 1 is 1.62 bits per heavy atom. The average molecular weight is 132 g/mol. The number of hydrogen-bond donors (Lipinski definition) is 1. The zero-order chi connectivity index (χ0) is 6.99. The van der Waals surface area contributed by atoms with Crippen LogP contribution in [0.1, 0.15) is 0 Å². The second-order valence-corrected chi connectivity index (χ2v) is 1.32. The van der Waals surface area contributed by atoms with Crippen LogP contribution in [0.2, 0.25) is 0 Å². The van der Waals surface area contributed by atoms with Gasteiger partial charge in [-0.25, -0.2) is 0 Å². The minimum atomic E-state index is -2.75. The summed E-state index contributed by atoms with van der Waals surface area (Å²) in [6.45, 7) is 9.04. The van der Waals surface area contributed by atoms with Crippen LogP contribution in [0.3, 0.4) is 0 Å². The summed E-state index contributed by atoms with van der Waals surface area (Å²) in [6.07, 6.45) is 0.932. The van der Waals surface area contributed by atoms with Crippen molar-refractivity contribution in [2.24, 2.45) is 0 Å². The van der Waals surface area contributed by atoms with Crippen LogP contribution in [0.4, 0.5) is 0 Å². The van der Waals surface area contributed by atoms with Gasteiger partial charge in [-0.1, -0.05) is 6.58 Å². The molecule has 0 amide bonds. The van der Waals surface area contributed by atoms with Gasteiger partial charge in [0, 0.05) is 0 Å². The molecule has 4 heteroatoms. The van der Waals surface area contributed by atoms with Crippen molar-refractivity contribution in [3.8, 4) is 0 Å². The summed E-state index contributed by atoms with van der Waals surface area (Å²) in [6, 6.07) is 0. The van der Waals surface area contributed by atoms with Crippen molar-refractivity contribution >= 4 is 9.17 Å². The first kappa shape index (κ1) is 10.2. The lowest BCUT2D eigenvalue weighted by atomic mass is 11.2. The highest BCUT2D eigenvalue weighted by molar-refractivity contribution is 6.24. The van der Waals surface area contributed by atoms with E-state index in [1.165, 1.54) is 0 Å². The van der Waals surface area contributed by atoms with E-state index in [2.05, 4.69) is 24.2 Å². The van der Waals surface area contributed by atoms with Gasteiger partial charge in [-0.3, -0.25) is 4.46 Å². The van der Waals surface area contributed by atoms with Gasteiger partial charge in [0.2, 0.25) is 0 Å². The van der Waals surface area contributed by atoms with E-state index in [1.807, 2.05) is 0 Å². The lowest BCUT2D eigenvalue weighted by molar-refractivity contribution is 0.307. The van der Waals surface area contributed by atoms with Crippen molar-refractivity contribution in [3.05, 3.63) is 26.0 Å². The van der Waals surface area contributed by atoms with Crippen LogP contribution < -0.4 is 0 Å². The minimum Gasteiger partial charge on any atom is -0.511 e. The van der Waals surface area contributed by atoms with Crippen LogP contribution in [0, 0.1) is 0 Å². The van der Waals surface area contributed by atoms with Crippen LogP contribution >= 0.6 is 0 Å². The molecule has 0 aliphatic rings. The van der Waals surface area contributed by atoms with Gasteiger partial charge in [-0.15, -0.1) is 13.2 Å². The lowest BCUT2D eigenvalue weighted by Gasteiger charge is -1.79. The fourth-order valence-electron chi connectivity index (χ4n) is 0.0713. The van der Waals surface area contributed by atoms with Gasteiger partial charge >= 0.3 is 9.17 Å². The van der Waals surface area contributed by atoms with Gasteiger partial charge in [-0.05, 0) is 0 Å². The molecule has 0 unspecified atom stereocenters. The lowest BCUT2D eigenvalue weighted by Crippen LogP contribution is -1.97. The Labute approximate surface area is 49.8 Å². The van der Waals surface area contributed by atoms with Crippen LogP contribution in [0.25, 0.3) is 0 Å². The Bertz CT molecular complexity index is 81.4. The molecule has 3 nitrogen and oxygen atoms in total. The number of rotatable bonds is 2. The molecule has 0 aromatic rings. The largest absolute Gasteiger partial charge is 0.769 e. The van der Waals surface area contributed by atoms with E-state index in [-0.39, 0.29) is 0 Å². The summed E-state index contributed by atoms with van der Waals surface area (Å²) in [5.41, 5.74) is 0.